The maximum Gasteiger partial charge on any atom is 0.306 e. The number of hydrogen-bond donors (Lipinski definition) is 1. The smallest absolute Gasteiger partial charge is 0.306 e. The van der Waals surface area contributed by atoms with E-state index in [0.29, 0.717) is 0 Å². The molecule has 1 saturated heterocycles. The average molecular weight is 332 g/mol. The number of aliphatic carboxylic acids is 1. The molecule has 1 unspecified atom stereocenters. The molecule has 0 amide bonds. The van der Waals surface area contributed by atoms with Crippen LogP contribution in [0, 0.1) is 11.8 Å². The number of carboxylic acid groups (broad SMARTS) is 1. The topological polar surface area (TPSA) is 40.5 Å². The van der Waals surface area contributed by atoms with E-state index in [1.54, 1.807) is 0 Å². The molecule has 2 atom stereocenters. The second-order valence-electron chi connectivity index (χ2n) is 5.56. The molecule has 0 saturated carbocycles. The SMILES string of the molecule is CCCCC(C(=O)O)[C@@H]1CCN(c2ccc(Cl)cc2)C1.Cl. The van der Waals surface area contributed by atoms with Crippen molar-refractivity contribution in [3.63, 3.8) is 0 Å². The predicted octanol–water partition coefficient (Wildman–Crippen LogP) is 4.48. The first-order valence-corrected chi connectivity index (χ1v) is 7.73. The number of halogens is 2. The summed E-state index contributed by atoms with van der Waals surface area (Å²) in [6.45, 7) is 3.87. The van der Waals surface area contributed by atoms with Gasteiger partial charge < -0.3 is 10.0 Å². The largest absolute Gasteiger partial charge is 0.481 e. The van der Waals surface area contributed by atoms with Gasteiger partial charge in [-0.1, -0.05) is 31.4 Å². The number of carbonyl (C=O) groups is 1. The summed E-state index contributed by atoms with van der Waals surface area (Å²) < 4.78 is 0. The van der Waals surface area contributed by atoms with Gasteiger partial charge >= 0.3 is 5.97 Å². The molecule has 21 heavy (non-hydrogen) atoms. The quantitative estimate of drug-likeness (QED) is 0.835. The zero-order valence-corrected chi connectivity index (χ0v) is 13.9. The number of carboxylic acids is 1. The van der Waals surface area contributed by atoms with Gasteiger partial charge in [0.05, 0.1) is 5.92 Å². The van der Waals surface area contributed by atoms with Crippen molar-refractivity contribution in [2.75, 3.05) is 18.0 Å². The highest BCUT2D eigenvalue weighted by molar-refractivity contribution is 6.30. The molecule has 0 aromatic heterocycles. The van der Waals surface area contributed by atoms with Gasteiger partial charge in [0.1, 0.15) is 0 Å². The van der Waals surface area contributed by atoms with E-state index in [-0.39, 0.29) is 24.2 Å². The lowest BCUT2D eigenvalue weighted by atomic mass is 9.87. The highest BCUT2D eigenvalue weighted by atomic mass is 35.5. The predicted molar refractivity (Wildman–Crippen MR) is 89.7 cm³/mol. The highest BCUT2D eigenvalue weighted by Crippen LogP contribution is 2.31. The maximum absolute atomic E-state index is 11.4. The molecule has 0 bridgehead atoms. The van der Waals surface area contributed by atoms with E-state index in [2.05, 4.69) is 11.8 Å². The Morgan fingerprint density at radius 2 is 2.10 bits per heavy atom. The lowest BCUT2D eigenvalue weighted by Crippen LogP contribution is -2.27. The van der Waals surface area contributed by atoms with Gasteiger partial charge in [0.25, 0.3) is 0 Å². The molecular formula is C16H23Cl2NO2. The van der Waals surface area contributed by atoms with E-state index < -0.39 is 5.97 Å². The van der Waals surface area contributed by atoms with E-state index in [0.717, 1.165) is 49.5 Å². The van der Waals surface area contributed by atoms with Crippen LogP contribution in [0.25, 0.3) is 0 Å². The van der Waals surface area contributed by atoms with Crippen LogP contribution in [0.15, 0.2) is 24.3 Å². The van der Waals surface area contributed by atoms with Crippen molar-refractivity contribution in [2.45, 2.75) is 32.6 Å². The van der Waals surface area contributed by atoms with Crippen molar-refractivity contribution in [2.24, 2.45) is 11.8 Å². The molecule has 1 aliphatic rings. The third-order valence-corrected chi connectivity index (χ3v) is 4.42. The summed E-state index contributed by atoms with van der Waals surface area (Å²) in [5.41, 5.74) is 1.14. The molecule has 1 aromatic carbocycles. The fourth-order valence-electron chi connectivity index (χ4n) is 2.99. The van der Waals surface area contributed by atoms with Crippen molar-refractivity contribution >= 4 is 35.7 Å². The Morgan fingerprint density at radius 3 is 2.67 bits per heavy atom. The van der Waals surface area contributed by atoms with E-state index in [4.69, 9.17) is 11.6 Å². The Labute approximate surface area is 137 Å². The van der Waals surface area contributed by atoms with Crippen molar-refractivity contribution in [1.82, 2.24) is 0 Å². The standard InChI is InChI=1S/C16H22ClNO2.ClH/c1-2-3-4-15(16(19)20)12-9-10-18(11-12)14-7-5-13(17)6-8-14;/h5-8,12,15H,2-4,9-11H2,1H3,(H,19,20);1H/t12-,15?;/m1./s1. The summed E-state index contributed by atoms with van der Waals surface area (Å²) in [6, 6.07) is 7.78. The summed E-state index contributed by atoms with van der Waals surface area (Å²) in [4.78, 5) is 13.7. The molecule has 1 N–H and O–H groups in total. The Morgan fingerprint density at radius 1 is 1.43 bits per heavy atom. The van der Waals surface area contributed by atoms with E-state index in [1.165, 1.54) is 0 Å². The van der Waals surface area contributed by atoms with Gasteiger partial charge in [0.15, 0.2) is 0 Å². The molecule has 0 spiro atoms. The molecule has 1 aliphatic heterocycles. The van der Waals surface area contributed by atoms with E-state index in [1.807, 2.05) is 24.3 Å². The zero-order chi connectivity index (χ0) is 14.5. The molecule has 1 heterocycles. The Hall–Kier alpha value is -0.930. The lowest BCUT2D eigenvalue weighted by Gasteiger charge is -2.22. The molecule has 1 aromatic rings. The van der Waals surface area contributed by atoms with Crippen LogP contribution in [-0.2, 0) is 4.79 Å². The van der Waals surface area contributed by atoms with Crippen molar-refractivity contribution in [3.8, 4) is 0 Å². The number of hydrogen-bond acceptors (Lipinski definition) is 2. The molecule has 5 heteroatoms. The molecular weight excluding hydrogens is 309 g/mol. The van der Waals surface area contributed by atoms with Crippen molar-refractivity contribution in [3.05, 3.63) is 29.3 Å². The minimum Gasteiger partial charge on any atom is -0.481 e. The minimum atomic E-state index is -0.638. The van der Waals surface area contributed by atoms with Gasteiger partial charge in [0.2, 0.25) is 0 Å². The second kappa shape index (κ2) is 8.50. The van der Waals surface area contributed by atoms with Gasteiger partial charge in [-0.2, -0.15) is 0 Å². The molecule has 2 rings (SSSR count). The second-order valence-corrected chi connectivity index (χ2v) is 5.99. The third-order valence-electron chi connectivity index (χ3n) is 4.17. The van der Waals surface area contributed by atoms with Crippen LogP contribution in [-0.4, -0.2) is 24.2 Å². The lowest BCUT2D eigenvalue weighted by molar-refractivity contribution is -0.143. The van der Waals surface area contributed by atoms with Crippen molar-refractivity contribution in [1.29, 1.82) is 0 Å². The van der Waals surface area contributed by atoms with Crippen LogP contribution in [0.3, 0.4) is 0 Å². The number of rotatable bonds is 6. The molecule has 3 nitrogen and oxygen atoms in total. The van der Waals surface area contributed by atoms with Gasteiger partial charge in [-0.25, -0.2) is 0 Å². The number of nitrogens with zero attached hydrogens (tertiary/aromatic N) is 1. The summed E-state index contributed by atoms with van der Waals surface area (Å²) >= 11 is 5.90. The molecule has 118 valence electrons. The van der Waals surface area contributed by atoms with Crippen LogP contribution in [0.5, 0.6) is 0 Å². The van der Waals surface area contributed by atoms with Gasteiger partial charge in [0, 0.05) is 23.8 Å². The summed E-state index contributed by atoms with van der Waals surface area (Å²) in [5.74, 6) is -0.580. The monoisotopic (exact) mass is 331 g/mol. The van der Waals surface area contributed by atoms with Gasteiger partial charge in [-0.15, -0.1) is 12.4 Å². The average Bonchev–Trinajstić information content (AvgIpc) is 2.89. The van der Waals surface area contributed by atoms with Crippen LogP contribution in [0.2, 0.25) is 5.02 Å². The first-order valence-electron chi connectivity index (χ1n) is 7.35. The first-order chi connectivity index (χ1) is 9.61. The molecule has 0 aliphatic carbocycles. The molecule has 0 radical (unpaired) electrons. The summed E-state index contributed by atoms with van der Waals surface area (Å²) in [5, 5.41) is 10.1. The summed E-state index contributed by atoms with van der Waals surface area (Å²) in [6.07, 6.45) is 3.81. The maximum atomic E-state index is 11.4. The normalized spacial score (nSPS) is 19.1. The van der Waals surface area contributed by atoms with Crippen LogP contribution >= 0.6 is 24.0 Å². The van der Waals surface area contributed by atoms with Crippen LogP contribution in [0.4, 0.5) is 5.69 Å². The fraction of sp³-hybridized carbons (Fsp3) is 0.562. The highest BCUT2D eigenvalue weighted by Gasteiger charge is 2.33. The number of anilines is 1. The van der Waals surface area contributed by atoms with E-state index >= 15 is 0 Å². The van der Waals surface area contributed by atoms with Gasteiger partial charge in [-0.05, 0) is 43.0 Å². The third kappa shape index (κ3) is 4.79. The number of benzene rings is 1. The fourth-order valence-corrected chi connectivity index (χ4v) is 3.11. The van der Waals surface area contributed by atoms with Crippen LogP contribution in [0.1, 0.15) is 32.6 Å². The van der Waals surface area contributed by atoms with Gasteiger partial charge in [-0.3, -0.25) is 4.79 Å². The Kier molecular flexibility index (Phi) is 7.33. The van der Waals surface area contributed by atoms with Crippen molar-refractivity contribution < 1.29 is 9.90 Å². The Bertz CT molecular complexity index is 450. The first kappa shape index (κ1) is 18.1. The van der Waals surface area contributed by atoms with Crippen LogP contribution < -0.4 is 4.90 Å². The van der Waals surface area contributed by atoms with E-state index in [9.17, 15) is 9.90 Å². The molecule has 1 fully saturated rings. The minimum absolute atomic E-state index is 0. The Balaban J connectivity index is 0.00000220. The summed E-state index contributed by atoms with van der Waals surface area (Å²) in [7, 11) is 0. The number of unbranched alkanes of at least 4 members (excludes halogenated alkanes) is 1. The zero-order valence-electron chi connectivity index (χ0n) is 12.3.